The summed E-state index contributed by atoms with van der Waals surface area (Å²) in [5.74, 6) is -0.961. The number of nitrogens with zero attached hydrogens (tertiary/aromatic N) is 2. The van der Waals surface area contributed by atoms with Crippen molar-refractivity contribution in [1.82, 2.24) is 15.1 Å². The minimum Gasteiger partial charge on any atom is -0.370 e. The van der Waals surface area contributed by atoms with Crippen LogP contribution in [0.25, 0.3) is 0 Å². The van der Waals surface area contributed by atoms with Crippen molar-refractivity contribution in [3.63, 3.8) is 0 Å². The molecule has 0 aliphatic carbocycles. The third-order valence-electron chi connectivity index (χ3n) is 4.72. The van der Waals surface area contributed by atoms with Crippen LogP contribution in [-0.2, 0) is 17.8 Å². The highest BCUT2D eigenvalue weighted by Gasteiger charge is 2.36. The van der Waals surface area contributed by atoms with E-state index in [9.17, 15) is 8.78 Å². The summed E-state index contributed by atoms with van der Waals surface area (Å²) in [5, 5.41) is 7.01. The molecule has 23 heavy (non-hydrogen) atoms. The Labute approximate surface area is 132 Å². The highest BCUT2D eigenvalue weighted by Crippen LogP contribution is 2.33. The smallest absolute Gasteiger partial charge is 0.129 e. The Morgan fingerprint density at radius 2 is 2.17 bits per heavy atom. The minimum atomic E-state index is -0.607. The maximum absolute atomic E-state index is 13.9. The van der Waals surface area contributed by atoms with Gasteiger partial charge >= 0.3 is 0 Å². The van der Waals surface area contributed by atoms with Crippen LogP contribution in [0.15, 0.2) is 24.4 Å². The van der Waals surface area contributed by atoms with Crippen LogP contribution in [-0.4, -0.2) is 33.8 Å². The van der Waals surface area contributed by atoms with Gasteiger partial charge < -0.3 is 10.5 Å². The zero-order valence-electron chi connectivity index (χ0n) is 12.5. The summed E-state index contributed by atoms with van der Waals surface area (Å²) in [7, 11) is 0. The van der Waals surface area contributed by atoms with Crippen molar-refractivity contribution in [3.05, 3.63) is 52.9 Å². The summed E-state index contributed by atoms with van der Waals surface area (Å²) in [6.45, 7) is 2.05. The molecule has 122 valence electrons. The van der Waals surface area contributed by atoms with Gasteiger partial charge in [-0.1, -0.05) is 0 Å². The average Bonchev–Trinajstić information content (AvgIpc) is 3.11. The lowest BCUT2D eigenvalue weighted by Gasteiger charge is -2.38. The molecule has 3 N–H and O–H groups in total. The number of aromatic amines is 1. The lowest BCUT2D eigenvalue weighted by Crippen LogP contribution is -2.47. The lowest BCUT2D eigenvalue weighted by atomic mass is 9.93. The Balaban J connectivity index is 1.46. The Kier molecular flexibility index (Phi) is 3.63. The number of hydrogen-bond acceptors (Lipinski definition) is 4. The van der Waals surface area contributed by atoms with E-state index in [-0.39, 0.29) is 17.6 Å². The number of H-pyrrole nitrogens is 1. The number of hydrogen-bond donors (Lipinski definition) is 2. The van der Waals surface area contributed by atoms with Gasteiger partial charge in [0.2, 0.25) is 0 Å². The number of fused-ring (bicyclic) bond motifs is 1. The first-order valence-electron chi connectivity index (χ1n) is 7.69. The molecular formula is C16H18F2N4O. The Hall–Kier alpha value is -1.83. The first kappa shape index (κ1) is 14.7. The van der Waals surface area contributed by atoms with Gasteiger partial charge in [0, 0.05) is 36.3 Å². The van der Waals surface area contributed by atoms with Crippen molar-refractivity contribution in [2.75, 3.05) is 6.61 Å². The van der Waals surface area contributed by atoms with E-state index >= 15 is 0 Å². The number of halogens is 2. The molecule has 3 atom stereocenters. The minimum absolute atomic E-state index is 0.165. The standard InChI is InChI=1S/C16H18F2N4O/c17-10-1-2-13(18)12(3-10)16-14(19)4-11(8-23-16)22-6-9-5-20-21-15(9)7-22/h1-3,5,11,14,16H,4,6-8,19H2,(H,20,21)/t11?,14-,16+/m0/s1. The number of aromatic nitrogens is 2. The predicted octanol–water partition coefficient (Wildman–Crippen LogP) is 1.86. The summed E-state index contributed by atoms with van der Waals surface area (Å²) >= 11 is 0. The van der Waals surface area contributed by atoms with E-state index in [0.717, 1.165) is 30.9 Å². The molecule has 0 spiro atoms. The second kappa shape index (κ2) is 5.67. The molecule has 4 rings (SSSR count). The van der Waals surface area contributed by atoms with Gasteiger partial charge in [-0.05, 0) is 24.6 Å². The van der Waals surface area contributed by atoms with Crippen molar-refractivity contribution in [2.24, 2.45) is 5.73 Å². The number of nitrogens with one attached hydrogen (secondary N) is 1. The molecule has 5 nitrogen and oxygen atoms in total. The maximum Gasteiger partial charge on any atom is 0.129 e. The Morgan fingerprint density at radius 3 is 2.96 bits per heavy atom. The van der Waals surface area contributed by atoms with Gasteiger partial charge in [-0.3, -0.25) is 10.00 Å². The number of ether oxygens (including phenoxy) is 1. The van der Waals surface area contributed by atoms with E-state index in [1.54, 1.807) is 0 Å². The molecule has 0 saturated carbocycles. The quantitative estimate of drug-likeness (QED) is 0.886. The molecule has 7 heteroatoms. The fourth-order valence-electron chi connectivity index (χ4n) is 3.50. The van der Waals surface area contributed by atoms with Gasteiger partial charge in [-0.15, -0.1) is 0 Å². The van der Waals surface area contributed by atoms with Crippen LogP contribution in [0.4, 0.5) is 8.78 Å². The second-order valence-electron chi connectivity index (χ2n) is 6.25. The van der Waals surface area contributed by atoms with Crippen LogP contribution in [0.5, 0.6) is 0 Å². The first-order chi connectivity index (χ1) is 11.1. The van der Waals surface area contributed by atoms with Crippen molar-refractivity contribution < 1.29 is 13.5 Å². The number of benzene rings is 1. The molecule has 0 radical (unpaired) electrons. The van der Waals surface area contributed by atoms with Gasteiger partial charge in [0.15, 0.2) is 0 Å². The van der Waals surface area contributed by atoms with Gasteiger partial charge in [0.05, 0.1) is 18.5 Å². The third kappa shape index (κ3) is 2.65. The number of rotatable bonds is 2. The molecule has 2 aromatic rings. The summed E-state index contributed by atoms with van der Waals surface area (Å²) in [4.78, 5) is 2.28. The summed E-state index contributed by atoms with van der Waals surface area (Å²) < 4.78 is 33.1. The van der Waals surface area contributed by atoms with E-state index in [0.29, 0.717) is 13.0 Å². The van der Waals surface area contributed by atoms with Gasteiger partial charge in [0.25, 0.3) is 0 Å². The van der Waals surface area contributed by atoms with Gasteiger partial charge in [-0.2, -0.15) is 5.10 Å². The van der Waals surface area contributed by atoms with E-state index < -0.39 is 17.7 Å². The fourth-order valence-corrected chi connectivity index (χ4v) is 3.50. The zero-order chi connectivity index (χ0) is 16.0. The van der Waals surface area contributed by atoms with E-state index in [2.05, 4.69) is 15.1 Å². The Bertz CT molecular complexity index is 699. The molecule has 1 saturated heterocycles. The van der Waals surface area contributed by atoms with Crippen LogP contribution in [0.1, 0.15) is 29.3 Å². The summed E-state index contributed by atoms with van der Waals surface area (Å²) in [6.07, 6.45) is 1.91. The van der Waals surface area contributed by atoms with E-state index in [4.69, 9.17) is 10.5 Å². The lowest BCUT2D eigenvalue weighted by molar-refractivity contribution is -0.0533. The van der Waals surface area contributed by atoms with Crippen molar-refractivity contribution in [2.45, 2.75) is 37.7 Å². The monoisotopic (exact) mass is 320 g/mol. The van der Waals surface area contributed by atoms with E-state index in [1.165, 1.54) is 11.6 Å². The molecule has 2 aliphatic heterocycles. The van der Waals surface area contributed by atoms with Crippen LogP contribution in [0.3, 0.4) is 0 Å². The highest BCUT2D eigenvalue weighted by molar-refractivity contribution is 5.24. The van der Waals surface area contributed by atoms with Gasteiger partial charge in [-0.25, -0.2) is 8.78 Å². The molecule has 1 aromatic carbocycles. The first-order valence-corrected chi connectivity index (χ1v) is 7.69. The van der Waals surface area contributed by atoms with Crippen LogP contribution >= 0.6 is 0 Å². The molecule has 2 aliphatic rings. The van der Waals surface area contributed by atoms with Crippen LogP contribution in [0.2, 0.25) is 0 Å². The Morgan fingerprint density at radius 1 is 1.30 bits per heavy atom. The normalized spacial score (nSPS) is 28.0. The molecule has 0 bridgehead atoms. The van der Waals surface area contributed by atoms with Gasteiger partial charge in [0.1, 0.15) is 17.7 Å². The van der Waals surface area contributed by atoms with Crippen LogP contribution in [0, 0.1) is 11.6 Å². The van der Waals surface area contributed by atoms with Crippen molar-refractivity contribution in [1.29, 1.82) is 0 Å². The third-order valence-corrected chi connectivity index (χ3v) is 4.72. The van der Waals surface area contributed by atoms with Crippen molar-refractivity contribution >= 4 is 0 Å². The molecular weight excluding hydrogens is 302 g/mol. The highest BCUT2D eigenvalue weighted by atomic mass is 19.1. The second-order valence-corrected chi connectivity index (χ2v) is 6.25. The predicted molar refractivity (Wildman–Crippen MR) is 79.3 cm³/mol. The largest absolute Gasteiger partial charge is 0.370 e. The topological polar surface area (TPSA) is 67.2 Å². The molecule has 1 aromatic heterocycles. The summed E-state index contributed by atoms with van der Waals surface area (Å²) in [5.41, 5.74) is 8.72. The molecule has 1 unspecified atom stereocenters. The maximum atomic E-state index is 13.9. The zero-order valence-corrected chi connectivity index (χ0v) is 12.5. The average molecular weight is 320 g/mol. The molecule has 1 fully saturated rings. The molecule has 0 amide bonds. The summed E-state index contributed by atoms with van der Waals surface area (Å²) in [6, 6.07) is 3.18. The molecule has 3 heterocycles. The SMILES string of the molecule is N[C@H]1CC(N2Cc3cn[nH]c3C2)CO[C@@H]1c1cc(F)ccc1F. The van der Waals surface area contributed by atoms with E-state index in [1.807, 2.05) is 6.20 Å². The number of nitrogens with two attached hydrogens (primary N) is 1. The van der Waals surface area contributed by atoms with Crippen LogP contribution < -0.4 is 5.73 Å². The van der Waals surface area contributed by atoms with Crippen molar-refractivity contribution in [3.8, 4) is 0 Å². The fraction of sp³-hybridized carbons (Fsp3) is 0.438.